The number of halogens is 1. The van der Waals surface area contributed by atoms with Gasteiger partial charge in [0.05, 0.1) is 6.04 Å². The van der Waals surface area contributed by atoms with Crippen LogP contribution in [-0.4, -0.2) is 15.5 Å². The Balaban J connectivity index is 1.77. The third kappa shape index (κ3) is 4.23. The van der Waals surface area contributed by atoms with Gasteiger partial charge in [0.15, 0.2) is 0 Å². The Bertz CT molecular complexity index is 851. The number of rotatable bonds is 5. The Kier molecular flexibility index (Phi) is 5.11. The molecule has 1 saturated carbocycles. The number of nitrogens with one attached hydrogen (secondary N) is 2. The Hall–Kier alpha value is -2.70. The first-order valence-corrected chi connectivity index (χ1v) is 8.37. The molecule has 0 saturated heterocycles. The number of amides is 1. The minimum Gasteiger partial charge on any atom is -0.347 e. The molecule has 1 amide bonds. The van der Waals surface area contributed by atoms with Gasteiger partial charge in [-0.3, -0.25) is 19.1 Å². The largest absolute Gasteiger partial charge is 0.347 e. The molecule has 0 unspecified atom stereocenters. The Morgan fingerprint density at radius 2 is 1.88 bits per heavy atom. The lowest BCUT2D eigenvalue weighted by Gasteiger charge is -2.25. The first-order chi connectivity index (χ1) is 12.0. The molecule has 1 aromatic carbocycles. The number of hydrogen-bond acceptors (Lipinski definition) is 3. The van der Waals surface area contributed by atoms with Gasteiger partial charge in [-0.05, 0) is 36.5 Å². The van der Waals surface area contributed by atoms with Crippen molar-refractivity contribution in [1.29, 1.82) is 0 Å². The van der Waals surface area contributed by atoms with Crippen LogP contribution in [0, 0.1) is 11.7 Å². The monoisotopic (exact) mass is 345 g/mol. The van der Waals surface area contributed by atoms with E-state index < -0.39 is 11.2 Å². The second-order valence-electron chi connectivity index (χ2n) is 6.38. The maximum atomic E-state index is 13.2. The highest BCUT2D eigenvalue weighted by Crippen LogP contribution is 2.35. The van der Waals surface area contributed by atoms with Crippen molar-refractivity contribution in [3.8, 4) is 0 Å². The number of aromatic nitrogens is 2. The summed E-state index contributed by atoms with van der Waals surface area (Å²) in [4.78, 5) is 37.3. The second-order valence-corrected chi connectivity index (χ2v) is 6.38. The average Bonchev–Trinajstić information content (AvgIpc) is 3.10. The third-order valence-corrected chi connectivity index (χ3v) is 4.63. The summed E-state index contributed by atoms with van der Waals surface area (Å²) in [7, 11) is 0. The number of benzene rings is 1. The van der Waals surface area contributed by atoms with Crippen LogP contribution in [0.1, 0.15) is 37.3 Å². The van der Waals surface area contributed by atoms with Crippen molar-refractivity contribution in [2.75, 3.05) is 0 Å². The van der Waals surface area contributed by atoms with E-state index in [1.54, 1.807) is 12.1 Å². The molecule has 132 valence electrons. The molecule has 2 aromatic rings. The second kappa shape index (κ2) is 7.46. The maximum absolute atomic E-state index is 13.2. The molecule has 6 nitrogen and oxygen atoms in total. The summed E-state index contributed by atoms with van der Waals surface area (Å²) < 4.78 is 14.3. The molecule has 2 N–H and O–H groups in total. The predicted molar refractivity (Wildman–Crippen MR) is 90.6 cm³/mol. The lowest BCUT2D eigenvalue weighted by molar-refractivity contribution is -0.122. The van der Waals surface area contributed by atoms with E-state index in [1.165, 1.54) is 24.4 Å². The van der Waals surface area contributed by atoms with Gasteiger partial charge < -0.3 is 5.32 Å². The van der Waals surface area contributed by atoms with Crippen molar-refractivity contribution < 1.29 is 9.18 Å². The zero-order valence-electron chi connectivity index (χ0n) is 13.7. The Morgan fingerprint density at radius 1 is 1.20 bits per heavy atom. The van der Waals surface area contributed by atoms with Gasteiger partial charge in [-0.15, -0.1) is 0 Å². The standard InChI is InChI=1S/C18H20FN3O3/c19-14-7-5-13(6-8-14)17(12-3-1-2-4-12)20-16(24)11-22-10-9-15(23)21-18(22)25/h5-10,12,17H,1-4,11H2,(H,20,24)(H,21,23,25)/t17-/m1/s1. The molecule has 25 heavy (non-hydrogen) atoms. The van der Waals surface area contributed by atoms with Crippen LogP contribution >= 0.6 is 0 Å². The van der Waals surface area contributed by atoms with Crippen molar-refractivity contribution in [2.45, 2.75) is 38.3 Å². The molecule has 1 heterocycles. The molecule has 0 spiro atoms. The fraction of sp³-hybridized carbons (Fsp3) is 0.389. The highest BCUT2D eigenvalue weighted by Gasteiger charge is 2.27. The number of nitrogens with zero attached hydrogens (tertiary/aromatic N) is 1. The molecule has 1 fully saturated rings. The number of aromatic amines is 1. The van der Waals surface area contributed by atoms with Crippen molar-refractivity contribution in [1.82, 2.24) is 14.9 Å². The molecule has 0 aliphatic heterocycles. The minimum atomic E-state index is -0.623. The first kappa shape index (κ1) is 17.1. The molecular formula is C18H20FN3O3. The summed E-state index contributed by atoms with van der Waals surface area (Å²) in [5, 5.41) is 2.97. The van der Waals surface area contributed by atoms with Crippen LogP contribution in [-0.2, 0) is 11.3 Å². The van der Waals surface area contributed by atoms with Crippen LogP contribution in [0.25, 0.3) is 0 Å². The number of hydrogen-bond donors (Lipinski definition) is 2. The Morgan fingerprint density at radius 3 is 2.52 bits per heavy atom. The molecule has 1 aromatic heterocycles. The van der Waals surface area contributed by atoms with E-state index in [0.717, 1.165) is 35.8 Å². The molecule has 1 aliphatic rings. The van der Waals surface area contributed by atoms with Crippen molar-refractivity contribution in [3.63, 3.8) is 0 Å². The normalized spacial score (nSPS) is 15.9. The van der Waals surface area contributed by atoms with Gasteiger partial charge in [0.25, 0.3) is 5.56 Å². The smallest absolute Gasteiger partial charge is 0.328 e. The third-order valence-electron chi connectivity index (χ3n) is 4.63. The highest BCUT2D eigenvalue weighted by atomic mass is 19.1. The molecule has 3 rings (SSSR count). The highest BCUT2D eigenvalue weighted by molar-refractivity contribution is 5.76. The van der Waals surface area contributed by atoms with Gasteiger partial charge in [-0.25, -0.2) is 9.18 Å². The van der Waals surface area contributed by atoms with Crippen LogP contribution in [0.3, 0.4) is 0 Å². The van der Waals surface area contributed by atoms with Gasteiger partial charge in [-0.1, -0.05) is 25.0 Å². The zero-order chi connectivity index (χ0) is 17.8. The predicted octanol–water partition coefficient (Wildman–Crippen LogP) is 1.72. The van der Waals surface area contributed by atoms with E-state index >= 15 is 0 Å². The number of H-pyrrole nitrogens is 1. The summed E-state index contributed by atoms with van der Waals surface area (Å²) >= 11 is 0. The lowest BCUT2D eigenvalue weighted by atomic mass is 9.91. The van der Waals surface area contributed by atoms with Crippen LogP contribution in [0.4, 0.5) is 4.39 Å². The van der Waals surface area contributed by atoms with E-state index in [9.17, 15) is 18.8 Å². The maximum Gasteiger partial charge on any atom is 0.328 e. The number of carbonyl (C=O) groups excluding carboxylic acids is 1. The van der Waals surface area contributed by atoms with Crippen LogP contribution in [0.15, 0.2) is 46.1 Å². The van der Waals surface area contributed by atoms with Gasteiger partial charge in [-0.2, -0.15) is 0 Å². The van der Waals surface area contributed by atoms with E-state index in [2.05, 4.69) is 10.3 Å². The van der Waals surface area contributed by atoms with Gasteiger partial charge in [0, 0.05) is 12.3 Å². The lowest BCUT2D eigenvalue weighted by Crippen LogP contribution is -2.38. The quantitative estimate of drug-likeness (QED) is 0.865. The molecule has 7 heteroatoms. The van der Waals surface area contributed by atoms with Crippen molar-refractivity contribution in [2.24, 2.45) is 5.92 Å². The van der Waals surface area contributed by atoms with E-state index in [0.29, 0.717) is 5.92 Å². The van der Waals surface area contributed by atoms with Crippen molar-refractivity contribution >= 4 is 5.91 Å². The van der Waals surface area contributed by atoms with Crippen LogP contribution < -0.4 is 16.6 Å². The topological polar surface area (TPSA) is 84.0 Å². The zero-order valence-corrected chi connectivity index (χ0v) is 13.7. The first-order valence-electron chi connectivity index (χ1n) is 8.37. The summed E-state index contributed by atoms with van der Waals surface area (Å²) in [6.07, 6.45) is 5.51. The molecule has 1 atom stereocenters. The van der Waals surface area contributed by atoms with Crippen molar-refractivity contribution in [3.05, 3.63) is 68.7 Å². The average molecular weight is 345 g/mol. The summed E-state index contributed by atoms with van der Waals surface area (Å²) in [5.74, 6) is -0.350. The fourth-order valence-electron chi connectivity index (χ4n) is 3.38. The van der Waals surface area contributed by atoms with Gasteiger partial charge in [0.2, 0.25) is 5.91 Å². The van der Waals surface area contributed by atoms with E-state index in [1.807, 2.05) is 0 Å². The summed E-state index contributed by atoms with van der Waals surface area (Å²) in [5.41, 5.74) is -0.269. The van der Waals surface area contributed by atoms with Gasteiger partial charge in [0.1, 0.15) is 12.4 Å². The number of carbonyl (C=O) groups is 1. The molecule has 0 radical (unpaired) electrons. The van der Waals surface area contributed by atoms with Gasteiger partial charge >= 0.3 is 5.69 Å². The van der Waals surface area contributed by atoms with Crippen LogP contribution in [0.5, 0.6) is 0 Å². The summed E-state index contributed by atoms with van der Waals surface area (Å²) in [6, 6.07) is 7.12. The van der Waals surface area contributed by atoms with Crippen LogP contribution in [0.2, 0.25) is 0 Å². The van der Waals surface area contributed by atoms with E-state index in [4.69, 9.17) is 0 Å². The summed E-state index contributed by atoms with van der Waals surface area (Å²) in [6.45, 7) is -0.181. The molecular weight excluding hydrogens is 325 g/mol. The molecule has 1 aliphatic carbocycles. The molecule has 0 bridgehead atoms. The van der Waals surface area contributed by atoms with E-state index in [-0.39, 0.29) is 24.3 Å². The minimum absolute atomic E-state index is 0.181. The Labute approximate surface area is 143 Å². The SMILES string of the molecule is O=C(Cn1ccc(=O)[nH]c1=O)N[C@@H](c1ccc(F)cc1)C1CCCC1. The fourth-order valence-corrected chi connectivity index (χ4v) is 3.38.